The van der Waals surface area contributed by atoms with Gasteiger partial charge in [-0.15, -0.1) is 10.2 Å². The molecule has 1 N–H and O–H groups in total. The summed E-state index contributed by atoms with van der Waals surface area (Å²) in [6, 6.07) is 5.30. The van der Waals surface area contributed by atoms with E-state index in [0.717, 1.165) is 5.56 Å². The molecule has 1 heterocycles. The fourth-order valence-corrected chi connectivity index (χ4v) is 2.24. The molecule has 4 nitrogen and oxygen atoms in total. The van der Waals surface area contributed by atoms with Crippen molar-refractivity contribution >= 4 is 23.2 Å². The van der Waals surface area contributed by atoms with E-state index in [1.165, 1.54) is 0 Å². The molecule has 0 fully saturated rings. The van der Waals surface area contributed by atoms with Gasteiger partial charge in [0.1, 0.15) is 6.61 Å². The van der Waals surface area contributed by atoms with Crippen LogP contribution in [0.25, 0.3) is 11.4 Å². The van der Waals surface area contributed by atoms with Gasteiger partial charge in [-0.25, -0.2) is 0 Å². The Bertz CT molecular complexity index is 602. The molecule has 1 aromatic heterocycles. The molecule has 0 aliphatic heterocycles. The van der Waals surface area contributed by atoms with Crippen molar-refractivity contribution in [1.29, 1.82) is 0 Å². The van der Waals surface area contributed by atoms with Crippen molar-refractivity contribution in [2.75, 3.05) is 0 Å². The Kier molecular flexibility index (Phi) is 3.85. The van der Waals surface area contributed by atoms with Gasteiger partial charge in [0.2, 0.25) is 0 Å². The molecular formula is C13H15Cl2N3O. The molecule has 6 heteroatoms. The van der Waals surface area contributed by atoms with E-state index in [9.17, 15) is 5.11 Å². The molecule has 0 aliphatic rings. The highest BCUT2D eigenvalue weighted by molar-refractivity contribution is 6.42. The maximum atomic E-state index is 9.37. The fourth-order valence-electron chi connectivity index (χ4n) is 1.95. The molecular weight excluding hydrogens is 285 g/mol. The van der Waals surface area contributed by atoms with Gasteiger partial charge in [-0.1, -0.05) is 23.2 Å². The third-order valence-corrected chi connectivity index (χ3v) is 3.46. The molecule has 0 spiro atoms. The summed E-state index contributed by atoms with van der Waals surface area (Å²) in [5.74, 6) is 1.18. The van der Waals surface area contributed by atoms with Crippen LogP contribution < -0.4 is 0 Å². The summed E-state index contributed by atoms with van der Waals surface area (Å²) in [5.41, 5.74) is 0.569. The van der Waals surface area contributed by atoms with Gasteiger partial charge in [0, 0.05) is 11.1 Å². The Balaban J connectivity index is 2.62. The van der Waals surface area contributed by atoms with Crippen molar-refractivity contribution in [3.8, 4) is 11.4 Å². The second-order valence-corrected chi connectivity index (χ2v) is 6.05. The lowest BCUT2D eigenvalue weighted by Crippen LogP contribution is -2.25. The van der Waals surface area contributed by atoms with Gasteiger partial charge in [-0.05, 0) is 39.0 Å². The van der Waals surface area contributed by atoms with Crippen molar-refractivity contribution in [2.24, 2.45) is 0 Å². The number of aliphatic hydroxyl groups excluding tert-OH is 1. The van der Waals surface area contributed by atoms with E-state index in [1.54, 1.807) is 12.1 Å². The monoisotopic (exact) mass is 299 g/mol. The lowest BCUT2D eigenvalue weighted by Gasteiger charge is -2.24. The number of hydrogen-bond acceptors (Lipinski definition) is 3. The normalized spacial score (nSPS) is 11.9. The maximum absolute atomic E-state index is 9.37. The van der Waals surface area contributed by atoms with Gasteiger partial charge >= 0.3 is 0 Å². The summed E-state index contributed by atoms with van der Waals surface area (Å²) >= 11 is 11.9. The quantitative estimate of drug-likeness (QED) is 0.923. The van der Waals surface area contributed by atoms with Crippen LogP contribution in [-0.2, 0) is 12.1 Å². The van der Waals surface area contributed by atoms with Crippen LogP contribution in [-0.4, -0.2) is 19.9 Å². The van der Waals surface area contributed by atoms with Crippen molar-refractivity contribution in [3.05, 3.63) is 34.1 Å². The molecule has 1 aromatic carbocycles. The van der Waals surface area contributed by atoms with Crippen molar-refractivity contribution in [2.45, 2.75) is 32.9 Å². The standard InChI is InChI=1S/C13H15Cl2N3O/c1-13(2,3)18-11(7-19)16-17-12(18)8-4-5-9(14)10(15)6-8/h4-6,19H,7H2,1-3H3. The van der Waals surface area contributed by atoms with Gasteiger partial charge in [0.05, 0.1) is 10.0 Å². The number of aliphatic hydroxyl groups is 1. The number of hydrogen-bond donors (Lipinski definition) is 1. The molecule has 0 saturated carbocycles. The Labute approximate surface area is 122 Å². The Morgan fingerprint density at radius 1 is 1.16 bits per heavy atom. The van der Waals surface area contributed by atoms with E-state index in [-0.39, 0.29) is 12.1 Å². The van der Waals surface area contributed by atoms with E-state index < -0.39 is 0 Å². The number of aromatic nitrogens is 3. The average Bonchev–Trinajstić information content (AvgIpc) is 2.76. The smallest absolute Gasteiger partial charge is 0.164 e. The minimum absolute atomic E-state index is 0.161. The van der Waals surface area contributed by atoms with Gasteiger partial charge in [0.25, 0.3) is 0 Å². The first-order valence-electron chi connectivity index (χ1n) is 5.85. The Morgan fingerprint density at radius 3 is 2.37 bits per heavy atom. The molecule has 2 aromatic rings. The van der Waals surface area contributed by atoms with E-state index in [0.29, 0.717) is 21.7 Å². The van der Waals surface area contributed by atoms with Crippen LogP contribution >= 0.6 is 23.2 Å². The summed E-state index contributed by atoms with van der Waals surface area (Å²) in [7, 11) is 0. The molecule has 19 heavy (non-hydrogen) atoms. The predicted octanol–water partition coefficient (Wildman–Crippen LogP) is 3.50. The molecule has 0 radical (unpaired) electrons. The summed E-state index contributed by atoms with van der Waals surface area (Å²) in [5, 5.41) is 18.5. The van der Waals surface area contributed by atoms with Crippen LogP contribution in [0.1, 0.15) is 26.6 Å². The van der Waals surface area contributed by atoms with E-state index in [1.807, 2.05) is 31.4 Å². The number of halogens is 2. The second kappa shape index (κ2) is 5.12. The number of nitrogens with zero attached hydrogens (tertiary/aromatic N) is 3. The molecule has 0 bridgehead atoms. The molecule has 2 rings (SSSR count). The van der Waals surface area contributed by atoms with Crippen LogP contribution in [0.15, 0.2) is 18.2 Å². The molecule has 0 aliphatic carbocycles. The first-order valence-corrected chi connectivity index (χ1v) is 6.61. The summed E-state index contributed by atoms with van der Waals surface area (Å²) in [6.45, 7) is 5.91. The van der Waals surface area contributed by atoms with E-state index in [2.05, 4.69) is 10.2 Å². The van der Waals surface area contributed by atoms with Crippen LogP contribution in [0, 0.1) is 0 Å². The molecule has 0 saturated heterocycles. The zero-order valence-corrected chi connectivity index (χ0v) is 12.5. The largest absolute Gasteiger partial charge is 0.388 e. The predicted molar refractivity (Wildman–Crippen MR) is 76.4 cm³/mol. The third kappa shape index (κ3) is 2.76. The van der Waals surface area contributed by atoms with Gasteiger partial charge < -0.3 is 9.67 Å². The van der Waals surface area contributed by atoms with E-state index >= 15 is 0 Å². The lowest BCUT2D eigenvalue weighted by atomic mass is 10.1. The van der Waals surface area contributed by atoms with Crippen LogP contribution in [0.5, 0.6) is 0 Å². The SMILES string of the molecule is CC(C)(C)n1c(CO)nnc1-c1ccc(Cl)c(Cl)c1. The first-order chi connectivity index (χ1) is 8.84. The molecule has 0 amide bonds. The first kappa shape index (κ1) is 14.3. The molecule has 102 valence electrons. The zero-order valence-electron chi connectivity index (χ0n) is 11.0. The Morgan fingerprint density at radius 2 is 1.84 bits per heavy atom. The third-order valence-electron chi connectivity index (χ3n) is 2.72. The van der Waals surface area contributed by atoms with Crippen molar-refractivity contribution in [3.63, 3.8) is 0 Å². The second-order valence-electron chi connectivity index (χ2n) is 5.23. The average molecular weight is 300 g/mol. The van der Waals surface area contributed by atoms with Gasteiger partial charge in [0.15, 0.2) is 11.6 Å². The van der Waals surface area contributed by atoms with Crippen molar-refractivity contribution in [1.82, 2.24) is 14.8 Å². The van der Waals surface area contributed by atoms with E-state index in [4.69, 9.17) is 23.2 Å². The highest BCUT2D eigenvalue weighted by atomic mass is 35.5. The minimum Gasteiger partial charge on any atom is -0.388 e. The number of rotatable bonds is 2. The molecule has 0 unspecified atom stereocenters. The molecule has 0 atom stereocenters. The lowest BCUT2D eigenvalue weighted by molar-refractivity contribution is 0.250. The highest BCUT2D eigenvalue weighted by Crippen LogP contribution is 2.30. The van der Waals surface area contributed by atoms with Crippen molar-refractivity contribution < 1.29 is 5.11 Å². The van der Waals surface area contributed by atoms with Crippen LogP contribution in [0.4, 0.5) is 0 Å². The highest BCUT2D eigenvalue weighted by Gasteiger charge is 2.23. The fraction of sp³-hybridized carbons (Fsp3) is 0.385. The van der Waals surface area contributed by atoms with Gasteiger partial charge in [-0.3, -0.25) is 0 Å². The summed E-state index contributed by atoms with van der Waals surface area (Å²) < 4.78 is 1.90. The minimum atomic E-state index is -0.247. The summed E-state index contributed by atoms with van der Waals surface area (Å²) in [4.78, 5) is 0. The van der Waals surface area contributed by atoms with Gasteiger partial charge in [-0.2, -0.15) is 0 Å². The summed E-state index contributed by atoms with van der Waals surface area (Å²) in [6.07, 6.45) is 0. The Hall–Kier alpha value is -1.10. The maximum Gasteiger partial charge on any atom is 0.164 e. The number of benzene rings is 1. The zero-order chi connectivity index (χ0) is 14.2. The van der Waals surface area contributed by atoms with Crippen LogP contribution in [0.2, 0.25) is 10.0 Å². The topological polar surface area (TPSA) is 50.9 Å². The van der Waals surface area contributed by atoms with Crippen LogP contribution in [0.3, 0.4) is 0 Å².